The number of fused-ring (bicyclic) bond motifs is 1. The molecule has 24 heavy (non-hydrogen) atoms. The zero-order valence-electron chi connectivity index (χ0n) is 13.1. The first kappa shape index (κ1) is 19.7. The first-order chi connectivity index (χ1) is 10.9. The molecule has 0 saturated heterocycles. The summed E-state index contributed by atoms with van der Waals surface area (Å²) in [4.78, 5) is 0. The summed E-state index contributed by atoms with van der Waals surface area (Å²) in [5, 5.41) is 2.13. The van der Waals surface area contributed by atoms with E-state index in [0.717, 1.165) is 33.0 Å². The third kappa shape index (κ3) is 4.30. The topological polar surface area (TPSA) is 0 Å². The smallest absolute Gasteiger partial charge is 0 e. The second-order valence-electron chi connectivity index (χ2n) is 5.13. The Kier molecular flexibility index (Phi) is 7.51. The van der Waals surface area contributed by atoms with Crippen LogP contribution in [-0.2, 0) is 65.4 Å². The van der Waals surface area contributed by atoms with Gasteiger partial charge in [-0.15, -0.1) is 48.5 Å². The third-order valence-electron chi connectivity index (χ3n) is 3.67. The maximum atomic E-state index is 3.45. The van der Waals surface area contributed by atoms with Gasteiger partial charge in [-0.2, -0.15) is 34.7 Å². The summed E-state index contributed by atoms with van der Waals surface area (Å²) < 4.78 is 0. The van der Waals surface area contributed by atoms with Crippen molar-refractivity contribution in [2.45, 2.75) is 0 Å². The minimum Gasteiger partial charge on any atom is -0.307 e. The largest absolute Gasteiger partial charge is 0.307 e. The Balaban J connectivity index is 0.00000104. The molecule has 0 fully saturated rings. The fourth-order valence-electron chi connectivity index (χ4n) is 2.53. The minimum atomic E-state index is 0. The van der Waals surface area contributed by atoms with Crippen molar-refractivity contribution < 1.29 is 65.4 Å². The molecule has 0 aliphatic carbocycles. The summed E-state index contributed by atoms with van der Waals surface area (Å²) >= 11 is 0. The Morgan fingerprint density at radius 3 is 1.42 bits per heavy atom. The van der Waals surface area contributed by atoms with Crippen LogP contribution in [0, 0.1) is 24.3 Å². The van der Waals surface area contributed by atoms with Crippen molar-refractivity contribution in [2.24, 2.45) is 0 Å². The molecule has 0 aliphatic rings. The van der Waals surface area contributed by atoms with Gasteiger partial charge in [-0.3, -0.25) is 17.7 Å². The van der Waals surface area contributed by atoms with Gasteiger partial charge in [0.05, 0.1) is 0 Å². The van der Waals surface area contributed by atoms with E-state index in [4.69, 9.17) is 0 Å². The summed E-state index contributed by atoms with van der Waals surface area (Å²) in [6.07, 6.45) is 0. The van der Waals surface area contributed by atoms with Crippen LogP contribution in [0.2, 0.25) is 0 Å². The molecule has 0 bridgehead atoms. The van der Waals surface area contributed by atoms with Crippen LogP contribution in [0.3, 0.4) is 0 Å². The molecule has 0 unspecified atom stereocenters. The molecule has 4 rings (SSSR count). The molecule has 2 radical (unpaired) electrons. The van der Waals surface area contributed by atoms with E-state index in [0.29, 0.717) is 0 Å². The first-order valence-corrected chi connectivity index (χ1v) is 7.23. The molecule has 0 aromatic heterocycles. The summed E-state index contributed by atoms with van der Waals surface area (Å²) in [5.41, 5.74) is 4.18. The quantitative estimate of drug-likeness (QED) is 0.358. The van der Waals surface area contributed by atoms with E-state index < -0.39 is 0 Å². The molecule has 4 aromatic carbocycles. The second-order valence-corrected chi connectivity index (χ2v) is 5.13. The van der Waals surface area contributed by atoms with Gasteiger partial charge in [0.25, 0.3) is 0 Å². The van der Waals surface area contributed by atoms with E-state index in [1.165, 1.54) is 0 Å². The van der Waals surface area contributed by atoms with Gasteiger partial charge in [0, 0.05) is 65.4 Å². The first-order valence-electron chi connectivity index (χ1n) is 7.23. The summed E-state index contributed by atoms with van der Waals surface area (Å²) in [7, 11) is 0. The van der Waals surface area contributed by atoms with Crippen molar-refractivity contribution in [3.05, 3.63) is 97.1 Å². The van der Waals surface area contributed by atoms with E-state index in [-0.39, 0.29) is 65.4 Å². The predicted molar refractivity (Wildman–Crippen MR) is 90.2 cm³/mol. The monoisotopic (exact) mass is 454 g/mol. The zero-order chi connectivity index (χ0) is 14.8. The molecule has 110 valence electrons. The van der Waals surface area contributed by atoms with E-state index in [1.54, 1.807) is 0 Å². The normalized spacial score (nSPS) is 9.83. The SMILES string of the molecule is [Y].[Y].[c-]1ccccc1-c1[c-]c2[c-]c(-c3[c-]cccc3)ccc2cc1. The Bertz CT molecular complexity index is 842. The molecular weight excluding hydrogens is 442 g/mol. The molecule has 0 atom stereocenters. The Hall–Kier alpha value is -0.652. The summed E-state index contributed by atoms with van der Waals surface area (Å²) in [5.74, 6) is 0. The molecule has 0 spiro atoms. The Labute approximate surface area is 193 Å². The molecule has 2 heteroatoms. The summed E-state index contributed by atoms with van der Waals surface area (Å²) in [6.45, 7) is 0. The van der Waals surface area contributed by atoms with Gasteiger partial charge in [0.15, 0.2) is 0 Å². The van der Waals surface area contributed by atoms with E-state index >= 15 is 0 Å². The van der Waals surface area contributed by atoms with Crippen LogP contribution in [0.1, 0.15) is 0 Å². The molecule has 0 amide bonds. The van der Waals surface area contributed by atoms with Gasteiger partial charge in [-0.25, -0.2) is 23.6 Å². The average Bonchev–Trinajstić information content (AvgIpc) is 2.62. The van der Waals surface area contributed by atoms with Crippen molar-refractivity contribution in [1.29, 1.82) is 0 Å². The van der Waals surface area contributed by atoms with Crippen molar-refractivity contribution in [1.82, 2.24) is 0 Å². The van der Waals surface area contributed by atoms with Crippen LogP contribution < -0.4 is 0 Å². The number of hydrogen-bond acceptors (Lipinski definition) is 0. The van der Waals surface area contributed by atoms with Gasteiger partial charge in [-0.1, -0.05) is 0 Å². The van der Waals surface area contributed by atoms with Crippen molar-refractivity contribution >= 4 is 10.8 Å². The molecule has 0 nitrogen and oxygen atoms in total. The standard InChI is InChI=1S/C22H12.2Y/c1-3-7-17(8-4-1)20-13-11-19-12-14-21(16-22(19)15-20)18-9-5-2-6-10-18;;/h1-7,9,11-14H;;/q-4;;. The molecule has 0 aliphatic heterocycles. The predicted octanol–water partition coefficient (Wildman–Crippen LogP) is 5.37. The number of rotatable bonds is 2. The molecule has 4 aromatic rings. The van der Waals surface area contributed by atoms with Crippen LogP contribution in [0.15, 0.2) is 72.8 Å². The molecule has 0 heterocycles. The van der Waals surface area contributed by atoms with Crippen LogP contribution in [0.25, 0.3) is 33.0 Å². The van der Waals surface area contributed by atoms with E-state index in [2.05, 4.69) is 48.5 Å². The van der Waals surface area contributed by atoms with Gasteiger partial charge >= 0.3 is 0 Å². The van der Waals surface area contributed by atoms with Gasteiger partial charge in [0.2, 0.25) is 0 Å². The van der Waals surface area contributed by atoms with E-state index in [9.17, 15) is 0 Å². The maximum Gasteiger partial charge on any atom is 0 e. The minimum absolute atomic E-state index is 0. The fraction of sp³-hybridized carbons (Fsp3) is 0. The van der Waals surface area contributed by atoms with Crippen LogP contribution in [0.5, 0.6) is 0 Å². The average molecular weight is 454 g/mol. The Morgan fingerprint density at radius 2 is 1.00 bits per heavy atom. The maximum absolute atomic E-state index is 3.45. The van der Waals surface area contributed by atoms with Gasteiger partial charge in [-0.05, 0) is 0 Å². The van der Waals surface area contributed by atoms with Crippen LogP contribution in [-0.4, -0.2) is 0 Å². The number of benzene rings is 4. The number of hydrogen-bond donors (Lipinski definition) is 0. The third-order valence-corrected chi connectivity index (χ3v) is 3.67. The van der Waals surface area contributed by atoms with Gasteiger partial charge in [0.1, 0.15) is 0 Å². The second kappa shape index (κ2) is 9.16. The zero-order valence-corrected chi connectivity index (χ0v) is 18.8. The van der Waals surface area contributed by atoms with Crippen molar-refractivity contribution in [3.63, 3.8) is 0 Å². The molecule has 0 N–H and O–H groups in total. The van der Waals surface area contributed by atoms with E-state index in [1.807, 2.05) is 48.5 Å². The fourth-order valence-corrected chi connectivity index (χ4v) is 2.53. The van der Waals surface area contributed by atoms with Crippen molar-refractivity contribution in [2.75, 3.05) is 0 Å². The van der Waals surface area contributed by atoms with Crippen molar-refractivity contribution in [3.8, 4) is 22.3 Å². The van der Waals surface area contributed by atoms with Gasteiger partial charge < -0.3 is 5.56 Å². The molecule has 0 saturated carbocycles. The molecular formula is C22H12Y2-4. The summed E-state index contributed by atoms with van der Waals surface area (Å²) in [6, 6.07) is 37.7. The Morgan fingerprint density at radius 1 is 0.500 bits per heavy atom. The van der Waals surface area contributed by atoms with Crippen LogP contribution >= 0.6 is 0 Å². The van der Waals surface area contributed by atoms with Crippen LogP contribution in [0.4, 0.5) is 0 Å².